The number of aromatic nitrogens is 4. The van der Waals surface area contributed by atoms with Gasteiger partial charge in [-0.2, -0.15) is 5.10 Å². The van der Waals surface area contributed by atoms with E-state index in [0.29, 0.717) is 29.2 Å². The predicted octanol–water partition coefficient (Wildman–Crippen LogP) is 2.93. The first-order chi connectivity index (χ1) is 10.4. The Hall–Kier alpha value is -2.15. The van der Waals surface area contributed by atoms with Gasteiger partial charge in [0.15, 0.2) is 5.65 Å². The van der Waals surface area contributed by atoms with Crippen molar-refractivity contribution in [1.29, 1.82) is 0 Å². The normalized spacial score (nSPS) is 12.0. The van der Waals surface area contributed by atoms with Crippen LogP contribution in [0.4, 0.5) is 4.79 Å². The molecular weight excluding hydrogens is 306 g/mol. The third-order valence-electron chi connectivity index (χ3n) is 2.60. The molecule has 2 rings (SSSR count). The van der Waals surface area contributed by atoms with Crippen LogP contribution in [-0.4, -0.2) is 38.4 Å². The molecule has 0 aliphatic heterocycles. The average Bonchev–Trinajstić information content (AvgIpc) is 2.81. The highest BCUT2D eigenvalue weighted by molar-refractivity contribution is 6.34. The lowest BCUT2D eigenvalue weighted by atomic mass is 10.2. The summed E-state index contributed by atoms with van der Waals surface area (Å²) in [7, 11) is 0. The smallest absolute Gasteiger partial charge is 0.407 e. The summed E-state index contributed by atoms with van der Waals surface area (Å²) in [6.45, 7) is 5.94. The summed E-state index contributed by atoms with van der Waals surface area (Å²) in [6.07, 6.45) is 5.31. The van der Waals surface area contributed by atoms with Gasteiger partial charge in [-0.1, -0.05) is 17.7 Å². The third-order valence-corrected chi connectivity index (χ3v) is 2.88. The molecule has 1 amide bonds. The van der Waals surface area contributed by atoms with E-state index in [2.05, 4.69) is 25.5 Å². The number of amides is 1. The maximum absolute atomic E-state index is 11.5. The van der Waals surface area contributed by atoms with E-state index in [4.69, 9.17) is 16.3 Å². The minimum Gasteiger partial charge on any atom is -0.444 e. The monoisotopic (exact) mass is 323 g/mol. The lowest BCUT2D eigenvalue weighted by Crippen LogP contribution is -2.32. The molecule has 0 aliphatic rings. The van der Waals surface area contributed by atoms with Gasteiger partial charge in [-0.3, -0.25) is 5.10 Å². The molecule has 0 aliphatic carbocycles. The summed E-state index contributed by atoms with van der Waals surface area (Å²) >= 11 is 6.03. The number of hydrogen-bond donors (Lipinski definition) is 2. The zero-order chi connectivity index (χ0) is 16.2. The first kappa shape index (κ1) is 16.2. The Labute approximate surface area is 133 Å². The van der Waals surface area contributed by atoms with Gasteiger partial charge in [-0.15, -0.1) is 0 Å². The molecule has 2 N–H and O–H groups in total. The van der Waals surface area contributed by atoms with Crippen LogP contribution in [0.2, 0.25) is 5.15 Å². The highest BCUT2D eigenvalue weighted by Gasteiger charge is 2.15. The molecule has 8 heteroatoms. The fourth-order valence-corrected chi connectivity index (χ4v) is 1.96. The van der Waals surface area contributed by atoms with Crippen LogP contribution in [0.25, 0.3) is 17.1 Å². The van der Waals surface area contributed by atoms with Crippen LogP contribution >= 0.6 is 11.6 Å². The Morgan fingerprint density at radius 2 is 2.23 bits per heavy atom. The zero-order valence-corrected chi connectivity index (χ0v) is 13.4. The quantitative estimate of drug-likeness (QED) is 0.666. The van der Waals surface area contributed by atoms with Gasteiger partial charge in [0.1, 0.15) is 17.1 Å². The van der Waals surface area contributed by atoms with Crippen molar-refractivity contribution >= 4 is 34.8 Å². The van der Waals surface area contributed by atoms with Gasteiger partial charge >= 0.3 is 6.09 Å². The van der Waals surface area contributed by atoms with Crippen LogP contribution in [0, 0.1) is 0 Å². The summed E-state index contributed by atoms with van der Waals surface area (Å²) in [4.78, 5) is 19.4. The van der Waals surface area contributed by atoms with Crippen molar-refractivity contribution in [2.45, 2.75) is 32.8 Å². The van der Waals surface area contributed by atoms with Gasteiger partial charge in [-0.25, -0.2) is 14.8 Å². The minimum absolute atomic E-state index is 0.352. The Kier molecular flexibility index (Phi) is 4.97. The number of nitrogens with zero attached hydrogens (tertiary/aromatic N) is 3. The van der Waals surface area contributed by atoms with Crippen molar-refractivity contribution in [3.63, 3.8) is 0 Å². The Balaban J connectivity index is 1.86. The van der Waals surface area contributed by atoms with E-state index < -0.39 is 11.7 Å². The van der Waals surface area contributed by atoms with Gasteiger partial charge in [-0.05, 0) is 33.3 Å². The number of hydrogen-bond acceptors (Lipinski definition) is 5. The van der Waals surface area contributed by atoms with Crippen molar-refractivity contribution in [2.24, 2.45) is 0 Å². The number of nitrogens with one attached hydrogen (secondary N) is 2. The van der Waals surface area contributed by atoms with E-state index in [1.807, 2.05) is 32.9 Å². The molecule has 0 radical (unpaired) electrons. The Morgan fingerprint density at radius 1 is 1.45 bits per heavy atom. The van der Waals surface area contributed by atoms with E-state index >= 15 is 0 Å². The first-order valence-corrected chi connectivity index (χ1v) is 7.22. The van der Waals surface area contributed by atoms with Crippen molar-refractivity contribution in [3.05, 3.63) is 23.3 Å². The largest absolute Gasteiger partial charge is 0.444 e. The molecule has 7 nitrogen and oxygen atoms in total. The third kappa shape index (κ3) is 4.42. The maximum Gasteiger partial charge on any atom is 0.407 e. The van der Waals surface area contributed by atoms with Gasteiger partial charge in [0.05, 0.1) is 11.1 Å². The molecule has 0 bridgehead atoms. The second kappa shape index (κ2) is 6.74. The Morgan fingerprint density at radius 3 is 2.95 bits per heavy atom. The standard InChI is InChI=1S/C14H18ClN5O2/c1-14(2,3)22-13(21)16-7-5-4-6-9-10-11(15)17-8-18-12(10)20-19-9/h4,6,8H,5,7H2,1-3H3,(H,16,21)(H,17,18,19,20). The molecule has 0 atom stereocenters. The number of fused-ring (bicyclic) bond motifs is 1. The Bertz CT molecular complexity index is 690. The molecule has 118 valence electrons. The molecule has 0 fully saturated rings. The minimum atomic E-state index is -0.495. The van der Waals surface area contributed by atoms with Crippen molar-refractivity contribution in [1.82, 2.24) is 25.5 Å². The fourth-order valence-electron chi connectivity index (χ4n) is 1.73. The van der Waals surface area contributed by atoms with Gasteiger partial charge in [0.25, 0.3) is 0 Å². The highest BCUT2D eigenvalue weighted by atomic mass is 35.5. The number of H-pyrrole nitrogens is 1. The average molecular weight is 324 g/mol. The number of halogens is 1. The maximum atomic E-state index is 11.5. The number of ether oxygens (including phenoxy) is 1. The van der Waals surface area contributed by atoms with Crippen LogP contribution in [0.5, 0.6) is 0 Å². The zero-order valence-electron chi connectivity index (χ0n) is 12.7. The molecule has 0 saturated heterocycles. The summed E-state index contributed by atoms with van der Waals surface area (Å²) in [5.41, 5.74) is 0.760. The number of rotatable bonds is 4. The molecule has 0 unspecified atom stereocenters. The van der Waals surface area contributed by atoms with E-state index in [1.165, 1.54) is 6.33 Å². The fraction of sp³-hybridized carbons (Fsp3) is 0.429. The van der Waals surface area contributed by atoms with Gasteiger partial charge in [0.2, 0.25) is 0 Å². The van der Waals surface area contributed by atoms with Crippen molar-refractivity contribution in [2.75, 3.05) is 6.54 Å². The predicted molar refractivity (Wildman–Crippen MR) is 84.6 cm³/mol. The van der Waals surface area contributed by atoms with E-state index in [0.717, 1.165) is 5.69 Å². The van der Waals surface area contributed by atoms with E-state index in [9.17, 15) is 4.79 Å². The van der Waals surface area contributed by atoms with Crippen molar-refractivity contribution < 1.29 is 9.53 Å². The van der Waals surface area contributed by atoms with Crippen LogP contribution in [0.1, 0.15) is 32.9 Å². The molecule has 0 spiro atoms. The van der Waals surface area contributed by atoms with Crippen LogP contribution in [0.3, 0.4) is 0 Å². The SMILES string of the molecule is CC(C)(C)OC(=O)NCCC=Cc1[nH]nc2ncnc(Cl)c12. The highest BCUT2D eigenvalue weighted by Crippen LogP contribution is 2.21. The molecule has 0 aromatic carbocycles. The van der Waals surface area contributed by atoms with Crippen LogP contribution in [-0.2, 0) is 4.74 Å². The summed E-state index contributed by atoms with van der Waals surface area (Å²) < 4.78 is 5.14. The van der Waals surface area contributed by atoms with E-state index in [1.54, 1.807) is 0 Å². The number of alkyl carbamates (subject to hydrolysis) is 1. The molecule has 0 saturated carbocycles. The molecule has 2 aromatic heterocycles. The number of carbonyl (C=O) groups excluding carboxylic acids is 1. The van der Waals surface area contributed by atoms with E-state index in [-0.39, 0.29) is 0 Å². The summed E-state index contributed by atoms with van der Waals surface area (Å²) in [5, 5.41) is 10.6. The first-order valence-electron chi connectivity index (χ1n) is 6.85. The molecule has 2 aromatic rings. The molecular formula is C14H18ClN5O2. The van der Waals surface area contributed by atoms with Gasteiger partial charge in [0, 0.05) is 6.54 Å². The number of aromatic amines is 1. The molecule has 2 heterocycles. The summed E-state index contributed by atoms with van der Waals surface area (Å²) in [5.74, 6) is 0. The van der Waals surface area contributed by atoms with Crippen LogP contribution in [0.15, 0.2) is 12.4 Å². The lowest BCUT2D eigenvalue weighted by Gasteiger charge is -2.19. The van der Waals surface area contributed by atoms with Gasteiger partial charge < -0.3 is 10.1 Å². The van der Waals surface area contributed by atoms with Crippen LogP contribution < -0.4 is 5.32 Å². The second-order valence-corrected chi connectivity index (χ2v) is 5.98. The second-order valence-electron chi connectivity index (χ2n) is 5.62. The van der Waals surface area contributed by atoms with Crippen molar-refractivity contribution in [3.8, 4) is 0 Å². The summed E-state index contributed by atoms with van der Waals surface area (Å²) in [6, 6.07) is 0. The number of carbonyl (C=O) groups is 1. The lowest BCUT2D eigenvalue weighted by molar-refractivity contribution is 0.0529. The topological polar surface area (TPSA) is 92.8 Å². The molecule has 22 heavy (non-hydrogen) atoms.